The van der Waals surface area contributed by atoms with Crippen molar-refractivity contribution in [2.45, 2.75) is 26.2 Å². The van der Waals surface area contributed by atoms with E-state index in [9.17, 15) is 0 Å². The minimum Gasteiger partial charge on any atom is -0.334 e. The molecule has 106 valence electrons. The molecule has 2 rings (SSSR count). The zero-order valence-corrected chi connectivity index (χ0v) is 12.4. The van der Waals surface area contributed by atoms with Crippen LogP contribution in [-0.4, -0.2) is 19.9 Å². The fraction of sp³-hybridized carbons (Fsp3) is 0.400. The predicted octanol–water partition coefficient (Wildman–Crippen LogP) is 3.13. The van der Waals surface area contributed by atoms with E-state index in [-0.39, 0.29) is 5.92 Å². The molecule has 5 heteroatoms. The molecule has 0 aromatic carbocycles. The first-order chi connectivity index (χ1) is 9.39. The summed E-state index contributed by atoms with van der Waals surface area (Å²) in [5.41, 5.74) is 1.29. The van der Waals surface area contributed by atoms with Crippen LogP contribution in [0, 0.1) is 5.92 Å². The van der Waals surface area contributed by atoms with Crippen molar-refractivity contribution in [3.05, 3.63) is 43.0 Å². The second-order valence-corrected chi connectivity index (χ2v) is 5.41. The molecule has 2 aromatic heterocycles. The quantitative estimate of drug-likeness (QED) is 0.785. The standard InChI is InChI=1S/C15H20N4O/c1-7-11(4)15(5,10(2)3)14-17-13(20-18-14)12-8-16-19(6)9-12/h7-10H,1,4H2,2-3,5-6H3. The molecule has 0 saturated carbocycles. The first kappa shape index (κ1) is 14.2. The molecule has 0 spiro atoms. The van der Waals surface area contributed by atoms with Crippen molar-refractivity contribution in [2.24, 2.45) is 13.0 Å². The van der Waals surface area contributed by atoms with Crippen LogP contribution < -0.4 is 0 Å². The van der Waals surface area contributed by atoms with Gasteiger partial charge in [-0.25, -0.2) is 0 Å². The Morgan fingerprint density at radius 1 is 1.50 bits per heavy atom. The fourth-order valence-electron chi connectivity index (χ4n) is 2.07. The van der Waals surface area contributed by atoms with Crippen LogP contribution in [0.1, 0.15) is 26.6 Å². The second kappa shape index (κ2) is 5.07. The largest absolute Gasteiger partial charge is 0.334 e. The summed E-state index contributed by atoms with van der Waals surface area (Å²) in [7, 11) is 1.85. The summed E-state index contributed by atoms with van der Waals surface area (Å²) in [6.45, 7) is 14.1. The Labute approximate surface area is 119 Å². The van der Waals surface area contributed by atoms with Gasteiger partial charge in [-0.2, -0.15) is 10.1 Å². The smallest absolute Gasteiger partial charge is 0.261 e. The summed E-state index contributed by atoms with van der Waals surface area (Å²) in [6, 6.07) is 0. The van der Waals surface area contributed by atoms with Crippen molar-refractivity contribution in [3.8, 4) is 11.5 Å². The van der Waals surface area contributed by atoms with Crippen molar-refractivity contribution in [2.75, 3.05) is 0 Å². The van der Waals surface area contributed by atoms with Crippen LogP contribution in [0.15, 0.2) is 41.7 Å². The highest BCUT2D eigenvalue weighted by atomic mass is 16.5. The molecule has 0 bridgehead atoms. The lowest BCUT2D eigenvalue weighted by Crippen LogP contribution is -2.31. The van der Waals surface area contributed by atoms with Gasteiger partial charge in [-0.1, -0.05) is 38.2 Å². The maximum absolute atomic E-state index is 5.37. The van der Waals surface area contributed by atoms with Gasteiger partial charge in [-0.15, -0.1) is 0 Å². The first-order valence-electron chi connectivity index (χ1n) is 6.54. The monoisotopic (exact) mass is 272 g/mol. The lowest BCUT2D eigenvalue weighted by molar-refractivity contribution is 0.351. The number of hydrogen-bond acceptors (Lipinski definition) is 4. The molecule has 0 aliphatic carbocycles. The molecule has 1 unspecified atom stereocenters. The van der Waals surface area contributed by atoms with E-state index in [0.29, 0.717) is 11.7 Å². The third-order valence-corrected chi connectivity index (χ3v) is 3.91. The normalized spacial score (nSPS) is 14.2. The lowest BCUT2D eigenvalue weighted by atomic mass is 9.73. The molecule has 0 N–H and O–H groups in total. The number of rotatable bonds is 5. The molecule has 2 heterocycles. The first-order valence-corrected chi connectivity index (χ1v) is 6.54. The fourth-order valence-corrected chi connectivity index (χ4v) is 2.07. The van der Waals surface area contributed by atoms with Crippen molar-refractivity contribution in [3.63, 3.8) is 0 Å². The van der Waals surface area contributed by atoms with Crippen LogP contribution in [-0.2, 0) is 12.5 Å². The summed E-state index contributed by atoms with van der Waals surface area (Å²) in [4.78, 5) is 4.52. The molecule has 0 aliphatic heterocycles. The maximum Gasteiger partial charge on any atom is 0.261 e. The van der Waals surface area contributed by atoms with Gasteiger partial charge >= 0.3 is 0 Å². The Morgan fingerprint density at radius 3 is 2.70 bits per heavy atom. The Kier molecular flexibility index (Phi) is 3.61. The Hall–Kier alpha value is -2.17. The highest BCUT2D eigenvalue weighted by Crippen LogP contribution is 2.37. The van der Waals surface area contributed by atoms with Crippen LogP contribution >= 0.6 is 0 Å². The van der Waals surface area contributed by atoms with E-state index in [1.807, 2.05) is 13.2 Å². The van der Waals surface area contributed by atoms with E-state index in [4.69, 9.17) is 4.52 Å². The van der Waals surface area contributed by atoms with Gasteiger partial charge in [-0.3, -0.25) is 4.68 Å². The molecular weight excluding hydrogens is 252 g/mol. The average Bonchev–Trinajstić information content (AvgIpc) is 3.05. The van der Waals surface area contributed by atoms with Crippen molar-refractivity contribution in [1.29, 1.82) is 0 Å². The van der Waals surface area contributed by atoms with Gasteiger partial charge in [0, 0.05) is 13.2 Å². The second-order valence-electron chi connectivity index (χ2n) is 5.41. The predicted molar refractivity (Wildman–Crippen MR) is 78.0 cm³/mol. The Balaban J connectivity index is 2.45. The van der Waals surface area contributed by atoms with E-state index >= 15 is 0 Å². The van der Waals surface area contributed by atoms with Crippen molar-refractivity contribution >= 4 is 0 Å². The molecule has 2 aromatic rings. The summed E-state index contributed by atoms with van der Waals surface area (Å²) in [5, 5.41) is 8.24. The number of nitrogens with zero attached hydrogens (tertiary/aromatic N) is 4. The summed E-state index contributed by atoms with van der Waals surface area (Å²) in [5.74, 6) is 1.36. The number of aromatic nitrogens is 4. The number of allylic oxidation sites excluding steroid dienone is 2. The molecule has 20 heavy (non-hydrogen) atoms. The zero-order valence-electron chi connectivity index (χ0n) is 12.4. The SMILES string of the molecule is C=CC(=C)C(C)(c1noc(-c2cnn(C)c2)n1)C(C)C. The van der Waals surface area contributed by atoms with Crippen LogP contribution in [0.3, 0.4) is 0 Å². The van der Waals surface area contributed by atoms with E-state index in [0.717, 1.165) is 11.1 Å². The minimum absolute atomic E-state index is 0.271. The lowest BCUT2D eigenvalue weighted by Gasteiger charge is -2.31. The van der Waals surface area contributed by atoms with Crippen LogP contribution in [0.25, 0.3) is 11.5 Å². The van der Waals surface area contributed by atoms with E-state index in [2.05, 4.69) is 49.2 Å². The summed E-state index contributed by atoms with van der Waals surface area (Å²) < 4.78 is 7.06. The number of hydrogen-bond donors (Lipinski definition) is 0. The number of aryl methyl sites for hydroxylation is 1. The molecule has 0 amide bonds. The zero-order chi connectivity index (χ0) is 14.9. The highest BCUT2D eigenvalue weighted by molar-refractivity contribution is 5.50. The molecule has 0 aliphatic rings. The van der Waals surface area contributed by atoms with Crippen LogP contribution in [0.4, 0.5) is 0 Å². The third-order valence-electron chi connectivity index (χ3n) is 3.91. The van der Waals surface area contributed by atoms with Crippen LogP contribution in [0.5, 0.6) is 0 Å². The molecule has 5 nitrogen and oxygen atoms in total. The molecular formula is C15H20N4O. The van der Waals surface area contributed by atoms with Gasteiger partial charge in [-0.05, 0) is 18.4 Å². The molecule has 0 radical (unpaired) electrons. The maximum atomic E-state index is 5.37. The van der Waals surface area contributed by atoms with E-state index in [1.54, 1.807) is 17.0 Å². The van der Waals surface area contributed by atoms with Gasteiger partial charge in [0.25, 0.3) is 5.89 Å². The van der Waals surface area contributed by atoms with E-state index < -0.39 is 5.41 Å². The van der Waals surface area contributed by atoms with Gasteiger partial charge in [0.15, 0.2) is 5.82 Å². The molecule has 1 atom stereocenters. The topological polar surface area (TPSA) is 56.7 Å². The average molecular weight is 272 g/mol. The third kappa shape index (κ3) is 2.19. The van der Waals surface area contributed by atoms with Crippen molar-refractivity contribution in [1.82, 2.24) is 19.9 Å². The van der Waals surface area contributed by atoms with E-state index in [1.165, 1.54) is 0 Å². The van der Waals surface area contributed by atoms with Gasteiger partial charge in [0.05, 0.1) is 17.2 Å². The molecule has 0 fully saturated rings. The van der Waals surface area contributed by atoms with Crippen LogP contribution in [0.2, 0.25) is 0 Å². The van der Waals surface area contributed by atoms with Gasteiger partial charge in [0.2, 0.25) is 0 Å². The van der Waals surface area contributed by atoms with Crippen molar-refractivity contribution < 1.29 is 4.52 Å². The van der Waals surface area contributed by atoms with Gasteiger partial charge < -0.3 is 4.52 Å². The summed E-state index contributed by atoms with van der Waals surface area (Å²) in [6.07, 6.45) is 5.29. The molecule has 0 saturated heterocycles. The minimum atomic E-state index is -0.397. The Morgan fingerprint density at radius 2 is 2.20 bits per heavy atom. The highest BCUT2D eigenvalue weighted by Gasteiger charge is 2.37. The summed E-state index contributed by atoms with van der Waals surface area (Å²) >= 11 is 0. The Bertz CT molecular complexity index is 638. The van der Waals surface area contributed by atoms with Gasteiger partial charge in [0.1, 0.15) is 0 Å².